The van der Waals surface area contributed by atoms with Crippen molar-refractivity contribution in [2.75, 3.05) is 7.11 Å². The molecule has 0 radical (unpaired) electrons. The molecule has 84 valence electrons. The number of halogens is 1. The van der Waals surface area contributed by atoms with Crippen molar-refractivity contribution in [3.8, 4) is 6.07 Å². The average Bonchev–Trinajstić information content (AvgIpc) is 2.31. The Kier molecular flexibility index (Phi) is 4.47. The van der Waals surface area contributed by atoms with E-state index >= 15 is 0 Å². The molecule has 0 unspecified atom stereocenters. The lowest BCUT2D eigenvalue weighted by Gasteiger charge is -2.08. The molecule has 0 atom stereocenters. The fraction of sp³-hybridized carbons (Fsp3) is 0.273. The predicted molar refractivity (Wildman–Crippen MR) is 62.5 cm³/mol. The lowest BCUT2D eigenvalue weighted by atomic mass is 10.0. The Bertz CT molecular complexity index is 452. The molecule has 0 fully saturated rings. The van der Waals surface area contributed by atoms with Gasteiger partial charge in [-0.15, -0.1) is 0 Å². The first-order valence-corrected chi connectivity index (χ1v) is 5.40. The number of rotatable bonds is 3. The van der Waals surface area contributed by atoms with Gasteiger partial charge in [0.1, 0.15) is 0 Å². The van der Waals surface area contributed by atoms with Crippen molar-refractivity contribution in [2.45, 2.75) is 13.0 Å². The van der Waals surface area contributed by atoms with Crippen LogP contribution >= 0.6 is 15.9 Å². The molecule has 1 aromatic rings. The molecule has 5 heteroatoms. The van der Waals surface area contributed by atoms with Crippen LogP contribution in [0.1, 0.15) is 16.7 Å². The SMILES string of the molecule is COC(=O)Cc1cc(C#N)cc(CN)c1Br. The minimum atomic E-state index is -0.348. The van der Waals surface area contributed by atoms with E-state index in [0.717, 1.165) is 10.0 Å². The van der Waals surface area contributed by atoms with Crippen molar-refractivity contribution >= 4 is 21.9 Å². The molecule has 2 N–H and O–H groups in total. The summed E-state index contributed by atoms with van der Waals surface area (Å²) in [5, 5.41) is 8.84. The van der Waals surface area contributed by atoms with Gasteiger partial charge in [-0.3, -0.25) is 4.79 Å². The number of ether oxygens (including phenoxy) is 1. The molecule has 16 heavy (non-hydrogen) atoms. The van der Waals surface area contributed by atoms with Crippen LogP contribution in [0.3, 0.4) is 0 Å². The fourth-order valence-electron chi connectivity index (χ4n) is 1.32. The lowest BCUT2D eigenvalue weighted by Crippen LogP contribution is -2.07. The molecule has 0 saturated carbocycles. The number of methoxy groups -OCH3 is 1. The monoisotopic (exact) mass is 282 g/mol. The van der Waals surface area contributed by atoms with Crippen LogP contribution in [0.5, 0.6) is 0 Å². The highest BCUT2D eigenvalue weighted by Gasteiger charge is 2.11. The largest absolute Gasteiger partial charge is 0.469 e. The van der Waals surface area contributed by atoms with Crippen molar-refractivity contribution in [2.24, 2.45) is 5.73 Å². The lowest BCUT2D eigenvalue weighted by molar-refractivity contribution is -0.139. The number of benzene rings is 1. The molecule has 1 aromatic carbocycles. The van der Waals surface area contributed by atoms with E-state index in [1.807, 2.05) is 6.07 Å². The second-order valence-corrected chi connectivity index (χ2v) is 3.97. The van der Waals surface area contributed by atoms with Gasteiger partial charge in [0.2, 0.25) is 0 Å². The summed E-state index contributed by atoms with van der Waals surface area (Å²) in [4.78, 5) is 11.2. The molecule has 0 amide bonds. The molecule has 0 aromatic heterocycles. The van der Waals surface area contributed by atoms with Gasteiger partial charge in [0, 0.05) is 11.0 Å². The quantitative estimate of drug-likeness (QED) is 0.853. The second kappa shape index (κ2) is 5.64. The van der Waals surface area contributed by atoms with Gasteiger partial charge in [-0.2, -0.15) is 5.26 Å². The predicted octanol–water partition coefficient (Wildman–Crippen LogP) is 1.49. The molecule has 1 rings (SSSR count). The topological polar surface area (TPSA) is 76.1 Å². The molecular weight excluding hydrogens is 272 g/mol. The molecule has 0 bridgehead atoms. The van der Waals surface area contributed by atoms with Crippen LogP contribution in [0.25, 0.3) is 0 Å². The Morgan fingerprint density at radius 2 is 2.19 bits per heavy atom. The Labute approximate surface area is 102 Å². The zero-order valence-corrected chi connectivity index (χ0v) is 10.4. The van der Waals surface area contributed by atoms with Gasteiger partial charge in [0.15, 0.2) is 0 Å². The Balaban J connectivity index is 3.17. The standard InChI is InChI=1S/C11H11BrN2O2/c1-16-10(15)4-8-2-7(5-13)3-9(6-14)11(8)12/h2-3H,4,6,14H2,1H3. The molecule has 0 spiro atoms. The number of carbonyl (C=O) groups excluding carboxylic acids is 1. The number of nitriles is 1. The van der Waals surface area contributed by atoms with E-state index in [2.05, 4.69) is 20.7 Å². The van der Waals surface area contributed by atoms with E-state index in [4.69, 9.17) is 11.0 Å². The Morgan fingerprint density at radius 1 is 1.56 bits per heavy atom. The van der Waals surface area contributed by atoms with Crippen LogP contribution in [0.15, 0.2) is 16.6 Å². The summed E-state index contributed by atoms with van der Waals surface area (Å²) in [5.74, 6) is -0.348. The summed E-state index contributed by atoms with van der Waals surface area (Å²) in [6.07, 6.45) is 0.125. The van der Waals surface area contributed by atoms with E-state index in [9.17, 15) is 4.79 Å². The summed E-state index contributed by atoms with van der Waals surface area (Å²) in [6.45, 7) is 0.310. The Hall–Kier alpha value is -1.38. The minimum Gasteiger partial charge on any atom is -0.469 e. The van der Waals surface area contributed by atoms with Gasteiger partial charge in [-0.25, -0.2) is 0 Å². The number of nitrogens with zero attached hydrogens (tertiary/aromatic N) is 1. The van der Waals surface area contributed by atoms with Crippen molar-refractivity contribution in [3.05, 3.63) is 33.3 Å². The third kappa shape index (κ3) is 2.81. The third-order valence-electron chi connectivity index (χ3n) is 2.13. The number of carbonyl (C=O) groups is 1. The van der Waals surface area contributed by atoms with Crippen molar-refractivity contribution in [1.29, 1.82) is 5.26 Å². The van der Waals surface area contributed by atoms with Gasteiger partial charge in [-0.1, -0.05) is 15.9 Å². The molecule has 0 saturated heterocycles. The highest BCUT2D eigenvalue weighted by molar-refractivity contribution is 9.10. The first kappa shape index (κ1) is 12.7. The highest BCUT2D eigenvalue weighted by atomic mass is 79.9. The average molecular weight is 283 g/mol. The van der Waals surface area contributed by atoms with Crippen LogP contribution < -0.4 is 5.73 Å². The molecular formula is C11H11BrN2O2. The van der Waals surface area contributed by atoms with E-state index in [0.29, 0.717) is 17.7 Å². The van der Waals surface area contributed by atoms with Crippen LogP contribution in [0.4, 0.5) is 0 Å². The molecule has 0 heterocycles. The van der Waals surface area contributed by atoms with Gasteiger partial charge in [0.25, 0.3) is 0 Å². The summed E-state index contributed by atoms with van der Waals surface area (Å²) >= 11 is 3.37. The van der Waals surface area contributed by atoms with Crippen LogP contribution in [-0.4, -0.2) is 13.1 Å². The van der Waals surface area contributed by atoms with Crippen LogP contribution in [0, 0.1) is 11.3 Å². The zero-order valence-electron chi connectivity index (χ0n) is 8.79. The maximum absolute atomic E-state index is 11.2. The minimum absolute atomic E-state index is 0.125. The first-order chi connectivity index (χ1) is 7.62. The second-order valence-electron chi connectivity index (χ2n) is 3.18. The van der Waals surface area contributed by atoms with Crippen molar-refractivity contribution in [1.82, 2.24) is 0 Å². The van der Waals surface area contributed by atoms with Gasteiger partial charge in [0.05, 0.1) is 25.2 Å². The summed E-state index contributed by atoms with van der Waals surface area (Å²) in [5.41, 5.74) is 7.56. The number of hydrogen-bond donors (Lipinski definition) is 1. The Morgan fingerprint density at radius 3 is 2.69 bits per heavy atom. The fourth-order valence-corrected chi connectivity index (χ4v) is 1.85. The maximum atomic E-state index is 11.2. The van der Waals surface area contributed by atoms with Gasteiger partial charge >= 0.3 is 5.97 Å². The molecule has 0 aliphatic heterocycles. The van der Waals surface area contributed by atoms with E-state index in [-0.39, 0.29) is 12.4 Å². The summed E-state index contributed by atoms with van der Waals surface area (Å²) in [6, 6.07) is 5.38. The molecule has 4 nitrogen and oxygen atoms in total. The maximum Gasteiger partial charge on any atom is 0.310 e. The van der Waals surface area contributed by atoms with Crippen LogP contribution in [-0.2, 0) is 22.5 Å². The van der Waals surface area contributed by atoms with Crippen molar-refractivity contribution < 1.29 is 9.53 Å². The van der Waals surface area contributed by atoms with Gasteiger partial charge < -0.3 is 10.5 Å². The number of nitrogens with two attached hydrogens (primary N) is 1. The third-order valence-corrected chi connectivity index (χ3v) is 3.15. The van der Waals surface area contributed by atoms with Crippen molar-refractivity contribution in [3.63, 3.8) is 0 Å². The number of hydrogen-bond acceptors (Lipinski definition) is 4. The molecule has 0 aliphatic rings. The molecule has 0 aliphatic carbocycles. The van der Waals surface area contributed by atoms with E-state index < -0.39 is 0 Å². The normalized spacial score (nSPS) is 9.62. The van der Waals surface area contributed by atoms with Gasteiger partial charge in [-0.05, 0) is 23.3 Å². The summed E-state index contributed by atoms with van der Waals surface area (Å²) < 4.78 is 5.35. The summed E-state index contributed by atoms with van der Waals surface area (Å²) in [7, 11) is 1.33. The zero-order chi connectivity index (χ0) is 12.1. The van der Waals surface area contributed by atoms with Crippen LogP contribution in [0.2, 0.25) is 0 Å². The van der Waals surface area contributed by atoms with E-state index in [1.165, 1.54) is 7.11 Å². The van der Waals surface area contributed by atoms with E-state index in [1.54, 1.807) is 12.1 Å². The number of esters is 1. The first-order valence-electron chi connectivity index (χ1n) is 4.60. The smallest absolute Gasteiger partial charge is 0.310 e. The highest BCUT2D eigenvalue weighted by Crippen LogP contribution is 2.24.